The van der Waals surface area contributed by atoms with Gasteiger partial charge in [0.1, 0.15) is 22.6 Å². The standard InChI is InChI=1S/C24H30N8O4/c1-23(2,3)35-21(33)27-13-15-7-9-25-17(11-15)19-29-31-20(32-30-19)18-12-16(8-10-26-18)14-28-22(34)36-24(4,5)6/h7-12H,13-14H2,1-6H3,(H,27,33)(H,28,34). The number of rotatable bonds is 6. The van der Waals surface area contributed by atoms with E-state index >= 15 is 0 Å². The molecule has 2 amide bonds. The smallest absolute Gasteiger partial charge is 0.407 e. The SMILES string of the molecule is CC(C)(C)OC(=O)NCc1ccnc(-c2nnc(-c3cc(CNC(=O)OC(C)(C)C)ccn3)nn2)c1. The van der Waals surface area contributed by atoms with E-state index in [9.17, 15) is 9.59 Å². The predicted molar refractivity (Wildman–Crippen MR) is 130 cm³/mol. The van der Waals surface area contributed by atoms with Crippen LogP contribution in [0.5, 0.6) is 0 Å². The molecule has 2 N–H and O–H groups in total. The Kier molecular flexibility index (Phi) is 8.07. The lowest BCUT2D eigenvalue weighted by Crippen LogP contribution is -2.32. The molecule has 36 heavy (non-hydrogen) atoms. The minimum atomic E-state index is -0.580. The van der Waals surface area contributed by atoms with Crippen molar-refractivity contribution in [2.24, 2.45) is 0 Å². The minimum Gasteiger partial charge on any atom is -0.444 e. The van der Waals surface area contributed by atoms with E-state index in [1.807, 2.05) is 0 Å². The highest BCUT2D eigenvalue weighted by Gasteiger charge is 2.17. The lowest BCUT2D eigenvalue weighted by atomic mass is 10.2. The summed E-state index contributed by atoms with van der Waals surface area (Å²) in [6.45, 7) is 11.3. The van der Waals surface area contributed by atoms with E-state index in [-0.39, 0.29) is 24.7 Å². The number of amides is 2. The summed E-state index contributed by atoms with van der Waals surface area (Å²) in [5.41, 5.74) is 1.31. The van der Waals surface area contributed by atoms with Gasteiger partial charge < -0.3 is 20.1 Å². The number of hydrogen-bond donors (Lipinski definition) is 2. The Hall–Kier alpha value is -4.22. The van der Waals surface area contributed by atoms with Crippen LogP contribution >= 0.6 is 0 Å². The molecule has 0 atom stereocenters. The first kappa shape index (κ1) is 26.4. The summed E-state index contributed by atoms with van der Waals surface area (Å²) >= 11 is 0. The van der Waals surface area contributed by atoms with Gasteiger partial charge in [0.15, 0.2) is 0 Å². The number of pyridine rings is 2. The first-order valence-corrected chi connectivity index (χ1v) is 11.3. The molecule has 12 heteroatoms. The second-order valence-electron chi connectivity index (χ2n) is 9.86. The van der Waals surface area contributed by atoms with E-state index in [0.29, 0.717) is 11.4 Å². The highest BCUT2D eigenvalue weighted by Crippen LogP contribution is 2.16. The molecule has 0 fully saturated rings. The van der Waals surface area contributed by atoms with Gasteiger partial charge in [-0.1, -0.05) is 0 Å². The normalized spacial score (nSPS) is 11.5. The highest BCUT2D eigenvalue weighted by molar-refractivity contribution is 5.68. The van der Waals surface area contributed by atoms with Gasteiger partial charge in [-0.25, -0.2) is 9.59 Å². The summed E-state index contributed by atoms with van der Waals surface area (Å²) in [5, 5.41) is 21.9. The number of carbonyl (C=O) groups excluding carboxylic acids is 2. The first-order valence-electron chi connectivity index (χ1n) is 11.3. The summed E-state index contributed by atoms with van der Waals surface area (Å²) in [6, 6.07) is 6.99. The van der Waals surface area contributed by atoms with Crippen molar-refractivity contribution < 1.29 is 19.1 Å². The van der Waals surface area contributed by atoms with Crippen LogP contribution in [0.25, 0.3) is 23.0 Å². The number of nitrogens with one attached hydrogen (secondary N) is 2. The number of nitrogens with zero attached hydrogens (tertiary/aromatic N) is 6. The summed E-state index contributed by atoms with van der Waals surface area (Å²) in [4.78, 5) is 32.3. The topological polar surface area (TPSA) is 154 Å². The zero-order chi connectivity index (χ0) is 26.3. The molecule has 0 radical (unpaired) electrons. The van der Waals surface area contributed by atoms with E-state index < -0.39 is 23.4 Å². The molecule has 3 heterocycles. The van der Waals surface area contributed by atoms with Crippen LogP contribution in [-0.4, -0.2) is 53.8 Å². The van der Waals surface area contributed by atoms with Gasteiger partial charge >= 0.3 is 12.2 Å². The van der Waals surface area contributed by atoms with Gasteiger partial charge in [-0.3, -0.25) is 9.97 Å². The number of carbonyl (C=O) groups is 2. The van der Waals surface area contributed by atoms with Crippen LogP contribution in [0.4, 0.5) is 9.59 Å². The third-order valence-corrected chi connectivity index (χ3v) is 4.26. The van der Waals surface area contributed by atoms with Gasteiger partial charge in [-0.2, -0.15) is 0 Å². The fourth-order valence-electron chi connectivity index (χ4n) is 2.82. The molecular formula is C24H30N8O4. The molecule has 3 rings (SSSR count). The van der Waals surface area contributed by atoms with E-state index in [1.165, 1.54) is 0 Å². The van der Waals surface area contributed by atoms with Gasteiger partial charge in [0.25, 0.3) is 0 Å². The Morgan fingerprint density at radius 1 is 0.694 bits per heavy atom. The number of aromatic nitrogens is 6. The average molecular weight is 495 g/mol. The summed E-state index contributed by atoms with van der Waals surface area (Å²) < 4.78 is 10.5. The van der Waals surface area contributed by atoms with Crippen LogP contribution < -0.4 is 10.6 Å². The lowest BCUT2D eigenvalue weighted by molar-refractivity contribution is 0.0512. The minimum absolute atomic E-state index is 0.223. The molecule has 3 aromatic heterocycles. The lowest BCUT2D eigenvalue weighted by Gasteiger charge is -2.19. The third-order valence-electron chi connectivity index (χ3n) is 4.26. The number of ether oxygens (including phenoxy) is 2. The van der Waals surface area contributed by atoms with Crippen molar-refractivity contribution in [2.75, 3.05) is 0 Å². The van der Waals surface area contributed by atoms with Crippen molar-refractivity contribution >= 4 is 12.2 Å². The van der Waals surface area contributed by atoms with Crippen molar-refractivity contribution in [3.05, 3.63) is 47.8 Å². The van der Waals surface area contributed by atoms with E-state index in [1.54, 1.807) is 78.2 Å². The number of alkyl carbamates (subject to hydrolysis) is 2. The summed E-state index contributed by atoms with van der Waals surface area (Å²) in [6.07, 6.45) is 2.14. The van der Waals surface area contributed by atoms with Gasteiger partial charge in [-0.05, 0) is 76.9 Å². The molecule has 0 bridgehead atoms. The maximum absolute atomic E-state index is 11.9. The van der Waals surface area contributed by atoms with Gasteiger partial charge in [0.05, 0.1) is 0 Å². The molecular weight excluding hydrogens is 464 g/mol. The molecule has 0 unspecified atom stereocenters. The van der Waals surface area contributed by atoms with Crippen LogP contribution in [0.3, 0.4) is 0 Å². The second kappa shape index (κ2) is 11.0. The van der Waals surface area contributed by atoms with Crippen molar-refractivity contribution in [1.29, 1.82) is 0 Å². The second-order valence-corrected chi connectivity index (χ2v) is 9.86. The molecule has 0 aliphatic carbocycles. The summed E-state index contributed by atoms with van der Waals surface area (Å²) in [5.74, 6) is 0.446. The molecule has 0 aliphatic heterocycles. The Balaban J connectivity index is 1.64. The average Bonchev–Trinajstić information content (AvgIpc) is 2.80. The van der Waals surface area contributed by atoms with Gasteiger partial charge in [0.2, 0.25) is 11.6 Å². The Morgan fingerprint density at radius 3 is 1.39 bits per heavy atom. The predicted octanol–water partition coefficient (Wildman–Crippen LogP) is 3.44. The van der Waals surface area contributed by atoms with Crippen molar-refractivity contribution in [2.45, 2.75) is 65.8 Å². The molecule has 12 nitrogen and oxygen atoms in total. The van der Waals surface area contributed by atoms with Crippen molar-refractivity contribution in [1.82, 2.24) is 41.0 Å². The molecule has 0 aromatic carbocycles. The van der Waals surface area contributed by atoms with E-state index in [2.05, 4.69) is 41.0 Å². The van der Waals surface area contributed by atoms with Crippen molar-refractivity contribution in [3.63, 3.8) is 0 Å². The zero-order valence-electron chi connectivity index (χ0n) is 21.2. The Morgan fingerprint density at radius 2 is 1.06 bits per heavy atom. The molecule has 0 saturated heterocycles. The maximum atomic E-state index is 11.9. The fourth-order valence-corrected chi connectivity index (χ4v) is 2.82. The molecule has 190 valence electrons. The number of hydrogen-bond acceptors (Lipinski definition) is 10. The van der Waals surface area contributed by atoms with Gasteiger partial charge in [0, 0.05) is 25.5 Å². The van der Waals surface area contributed by atoms with Crippen LogP contribution in [0.15, 0.2) is 36.7 Å². The van der Waals surface area contributed by atoms with E-state index in [4.69, 9.17) is 9.47 Å². The zero-order valence-corrected chi connectivity index (χ0v) is 21.2. The van der Waals surface area contributed by atoms with Crippen molar-refractivity contribution in [3.8, 4) is 23.0 Å². The monoisotopic (exact) mass is 494 g/mol. The van der Waals surface area contributed by atoms with Gasteiger partial charge in [-0.15, -0.1) is 20.4 Å². The quantitative estimate of drug-likeness (QED) is 0.521. The molecule has 0 aliphatic rings. The molecule has 0 spiro atoms. The van der Waals surface area contributed by atoms with Crippen LogP contribution in [0.1, 0.15) is 52.7 Å². The maximum Gasteiger partial charge on any atom is 0.407 e. The van der Waals surface area contributed by atoms with Crippen LogP contribution in [0.2, 0.25) is 0 Å². The molecule has 3 aromatic rings. The molecule has 0 saturated carbocycles. The summed E-state index contributed by atoms with van der Waals surface area (Å²) in [7, 11) is 0. The third kappa shape index (κ3) is 8.53. The Bertz CT molecular complexity index is 1110. The first-order chi connectivity index (χ1) is 16.9. The Labute approximate surface area is 209 Å². The van der Waals surface area contributed by atoms with Crippen LogP contribution in [0, 0.1) is 0 Å². The largest absolute Gasteiger partial charge is 0.444 e. The highest BCUT2D eigenvalue weighted by atomic mass is 16.6. The van der Waals surface area contributed by atoms with E-state index in [0.717, 1.165) is 11.1 Å². The van der Waals surface area contributed by atoms with Crippen LogP contribution in [-0.2, 0) is 22.6 Å². The fraction of sp³-hybridized carbons (Fsp3) is 0.417.